The Morgan fingerprint density at radius 2 is 1.39 bits per heavy atom. The molecule has 0 aromatic heterocycles. The Hall–Kier alpha value is -3.37. The molecule has 1 heterocycles. The number of nitrogens with zero attached hydrogens (tertiary/aromatic N) is 1. The first kappa shape index (κ1) is 20.9. The van der Waals surface area contributed by atoms with E-state index in [2.05, 4.69) is 26.1 Å². The number of benzene rings is 3. The van der Waals surface area contributed by atoms with E-state index in [-0.39, 0.29) is 17.0 Å². The van der Waals surface area contributed by atoms with Crippen LogP contribution >= 0.6 is 11.6 Å². The molecule has 0 radical (unpaired) electrons. The molecule has 1 N–H and O–H groups in total. The van der Waals surface area contributed by atoms with Crippen LogP contribution in [0.2, 0.25) is 5.02 Å². The van der Waals surface area contributed by atoms with Gasteiger partial charge in [-0.05, 0) is 52.9 Å². The zero-order valence-corrected chi connectivity index (χ0v) is 18.4. The van der Waals surface area contributed by atoms with Crippen LogP contribution in [0.3, 0.4) is 0 Å². The van der Waals surface area contributed by atoms with Crippen LogP contribution in [0, 0.1) is 0 Å². The van der Waals surface area contributed by atoms with E-state index < -0.39 is 5.91 Å². The smallest absolute Gasteiger partial charge is 0.282 e. The lowest BCUT2D eigenvalue weighted by atomic mass is 9.87. The molecule has 5 heteroatoms. The van der Waals surface area contributed by atoms with E-state index in [9.17, 15) is 9.59 Å². The van der Waals surface area contributed by atoms with Gasteiger partial charge >= 0.3 is 0 Å². The molecule has 1 aliphatic heterocycles. The van der Waals surface area contributed by atoms with E-state index in [0.29, 0.717) is 21.8 Å². The number of hydrogen-bond acceptors (Lipinski definition) is 3. The fourth-order valence-corrected chi connectivity index (χ4v) is 3.67. The number of imide groups is 1. The third-order valence-electron chi connectivity index (χ3n) is 5.25. The normalized spacial score (nSPS) is 14.4. The van der Waals surface area contributed by atoms with Crippen molar-refractivity contribution in [2.24, 2.45) is 0 Å². The lowest BCUT2D eigenvalue weighted by Gasteiger charge is -2.19. The molecule has 3 aromatic rings. The van der Waals surface area contributed by atoms with Crippen molar-refractivity contribution in [3.05, 3.63) is 101 Å². The summed E-state index contributed by atoms with van der Waals surface area (Å²) in [5, 5.41) is 3.74. The number of carbonyl (C=O) groups excluding carboxylic acids is 2. The molecule has 3 aromatic carbocycles. The highest BCUT2D eigenvalue weighted by Crippen LogP contribution is 2.34. The van der Waals surface area contributed by atoms with Crippen LogP contribution in [0.15, 0.2) is 84.6 Å². The van der Waals surface area contributed by atoms with Crippen LogP contribution in [0.5, 0.6) is 0 Å². The van der Waals surface area contributed by atoms with Gasteiger partial charge in [0.1, 0.15) is 5.70 Å². The summed E-state index contributed by atoms with van der Waals surface area (Å²) in [5.41, 5.74) is 3.73. The van der Waals surface area contributed by atoms with Crippen molar-refractivity contribution in [3.8, 4) is 0 Å². The van der Waals surface area contributed by atoms with Gasteiger partial charge in [-0.25, -0.2) is 4.90 Å². The van der Waals surface area contributed by atoms with Crippen LogP contribution in [0.4, 0.5) is 11.4 Å². The molecule has 0 saturated carbocycles. The highest BCUT2D eigenvalue weighted by Gasteiger charge is 2.40. The molecule has 0 saturated heterocycles. The Morgan fingerprint density at radius 3 is 1.97 bits per heavy atom. The summed E-state index contributed by atoms with van der Waals surface area (Å²) in [4.78, 5) is 27.9. The fraction of sp³-hybridized carbons (Fsp3) is 0.154. The molecule has 156 valence electrons. The van der Waals surface area contributed by atoms with E-state index in [1.165, 1.54) is 10.5 Å². The first-order valence-electron chi connectivity index (χ1n) is 10.1. The Bertz CT molecular complexity index is 1160. The molecule has 2 amide bonds. The number of nitrogens with one attached hydrogen (secondary N) is 1. The van der Waals surface area contributed by atoms with Gasteiger partial charge in [0.25, 0.3) is 11.8 Å². The number of amides is 2. The van der Waals surface area contributed by atoms with Gasteiger partial charge in [0.2, 0.25) is 0 Å². The van der Waals surface area contributed by atoms with Crippen LogP contribution in [-0.2, 0) is 15.0 Å². The van der Waals surface area contributed by atoms with E-state index >= 15 is 0 Å². The predicted octanol–water partition coefficient (Wildman–Crippen LogP) is 6.03. The Labute approximate surface area is 187 Å². The van der Waals surface area contributed by atoms with Crippen LogP contribution in [0.1, 0.15) is 31.9 Å². The van der Waals surface area contributed by atoms with E-state index in [0.717, 1.165) is 5.69 Å². The number of rotatable bonds is 4. The van der Waals surface area contributed by atoms with E-state index in [4.69, 9.17) is 11.6 Å². The first-order valence-corrected chi connectivity index (χ1v) is 10.4. The molecule has 4 nitrogen and oxygen atoms in total. The molecule has 0 aliphatic carbocycles. The molecule has 0 fully saturated rings. The van der Waals surface area contributed by atoms with Gasteiger partial charge in [0, 0.05) is 10.7 Å². The third kappa shape index (κ3) is 4.12. The van der Waals surface area contributed by atoms with Gasteiger partial charge in [0.15, 0.2) is 0 Å². The van der Waals surface area contributed by atoms with Crippen LogP contribution in [-0.4, -0.2) is 11.8 Å². The minimum absolute atomic E-state index is 0.0253. The Morgan fingerprint density at radius 1 is 0.774 bits per heavy atom. The molecular formula is C26H23ClN2O2. The molecule has 1 aliphatic rings. The van der Waals surface area contributed by atoms with Gasteiger partial charge in [-0.1, -0.05) is 74.8 Å². The van der Waals surface area contributed by atoms with Gasteiger partial charge in [-0.3, -0.25) is 9.59 Å². The fourth-order valence-electron chi connectivity index (χ4n) is 3.54. The van der Waals surface area contributed by atoms with Crippen molar-refractivity contribution in [2.45, 2.75) is 26.2 Å². The highest BCUT2D eigenvalue weighted by molar-refractivity contribution is 6.46. The SMILES string of the molecule is CC(C)(C)c1ccc(NC2=C(c3ccccc3)C(=O)N(c3ccc(Cl)cc3)C2=O)cc1. The van der Waals surface area contributed by atoms with E-state index in [1.807, 2.05) is 54.6 Å². The molecule has 0 atom stereocenters. The van der Waals surface area contributed by atoms with Crippen molar-refractivity contribution >= 4 is 40.4 Å². The summed E-state index contributed by atoms with van der Waals surface area (Å²) in [6.07, 6.45) is 0. The van der Waals surface area contributed by atoms with Crippen molar-refractivity contribution < 1.29 is 9.59 Å². The monoisotopic (exact) mass is 430 g/mol. The number of halogens is 1. The zero-order valence-electron chi connectivity index (χ0n) is 17.6. The van der Waals surface area contributed by atoms with Crippen LogP contribution in [0.25, 0.3) is 5.57 Å². The van der Waals surface area contributed by atoms with Crippen molar-refractivity contribution in [1.29, 1.82) is 0 Å². The summed E-state index contributed by atoms with van der Waals surface area (Å²) in [5.74, 6) is -0.765. The standard InChI is InChI=1S/C26H23ClN2O2/c1-26(2,3)18-9-13-20(14-10-18)28-23-22(17-7-5-4-6-8-17)24(30)29(25(23)31)21-15-11-19(27)12-16-21/h4-16,28H,1-3H3. The Kier molecular flexibility index (Phi) is 5.42. The largest absolute Gasteiger partial charge is 0.350 e. The average Bonchev–Trinajstić information content (AvgIpc) is 2.99. The molecule has 0 spiro atoms. The first-order chi connectivity index (χ1) is 14.8. The lowest BCUT2D eigenvalue weighted by Crippen LogP contribution is -2.32. The van der Waals surface area contributed by atoms with Crippen molar-refractivity contribution in [2.75, 3.05) is 10.2 Å². The maximum Gasteiger partial charge on any atom is 0.282 e. The average molecular weight is 431 g/mol. The summed E-state index contributed by atoms with van der Waals surface area (Å²) in [6.45, 7) is 6.44. The second kappa shape index (κ2) is 8.05. The molecule has 4 rings (SSSR count). The number of carbonyl (C=O) groups is 2. The number of anilines is 2. The summed E-state index contributed by atoms with van der Waals surface area (Å²) in [7, 11) is 0. The van der Waals surface area contributed by atoms with Gasteiger partial charge in [-0.2, -0.15) is 0 Å². The second-order valence-corrected chi connectivity index (χ2v) is 8.93. The zero-order chi connectivity index (χ0) is 22.2. The second-order valence-electron chi connectivity index (χ2n) is 8.49. The summed E-state index contributed by atoms with van der Waals surface area (Å²) in [6, 6.07) is 23.8. The van der Waals surface area contributed by atoms with Crippen molar-refractivity contribution in [3.63, 3.8) is 0 Å². The maximum absolute atomic E-state index is 13.4. The quantitative estimate of drug-likeness (QED) is 0.514. The van der Waals surface area contributed by atoms with Crippen molar-refractivity contribution in [1.82, 2.24) is 0 Å². The predicted molar refractivity (Wildman–Crippen MR) is 126 cm³/mol. The topological polar surface area (TPSA) is 49.4 Å². The maximum atomic E-state index is 13.4. The minimum atomic E-state index is -0.397. The Balaban J connectivity index is 1.75. The highest BCUT2D eigenvalue weighted by atomic mass is 35.5. The van der Waals surface area contributed by atoms with Gasteiger partial charge in [-0.15, -0.1) is 0 Å². The van der Waals surface area contributed by atoms with Gasteiger partial charge in [0.05, 0.1) is 11.3 Å². The lowest BCUT2D eigenvalue weighted by molar-refractivity contribution is -0.120. The minimum Gasteiger partial charge on any atom is -0.350 e. The van der Waals surface area contributed by atoms with E-state index in [1.54, 1.807) is 24.3 Å². The molecule has 31 heavy (non-hydrogen) atoms. The summed E-state index contributed by atoms with van der Waals surface area (Å²) < 4.78 is 0. The van der Waals surface area contributed by atoms with Gasteiger partial charge < -0.3 is 5.32 Å². The third-order valence-corrected chi connectivity index (χ3v) is 5.50. The number of hydrogen-bond donors (Lipinski definition) is 1. The molecule has 0 bridgehead atoms. The van der Waals surface area contributed by atoms with Crippen LogP contribution < -0.4 is 10.2 Å². The molecular weight excluding hydrogens is 408 g/mol. The summed E-state index contributed by atoms with van der Waals surface area (Å²) >= 11 is 5.99. The molecule has 0 unspecified atom stereocenters.